The molecule has 0 spiro atoms. The molecular weight excluding hydrogens is 534 g/mol. The van der Waals surface area contributed by atoms with E-state index in [2.05, 4.69) is 10.2 Å². The van der Waals surface area contributed by atoms with E-state index < -0.39 is 17.2 Å². The Hall–Kier alpha value is -2.85. The van der Waals surface area contributed by atoms with Crippen molar-refractivity contribution in [3.63, 3.8) is 0 Å². The molecule has 1 aliphatic rings. The molecule has 2 N–H and O–H groups in total. The summed E-state index contributed by atoms with van der Waals surface area (Å²) >= 11 is 12.2. The third-order valence-corrected chi connectivity index (χ3v) is 7.35. The van der Waals surface area contributed by atoms with E-state index >= 15 is 4.39 Å². The second kappa shape index (κ2) is 11.9. The highest BCUT2D eigenvalue weighted by Gasteiger charge is 2.28. The summed E-state index contributed by atoms with van der Waals surface area (Å²) in [5.41, 5.74) is 0.660. The van der Waals surface area contributed by atoms with Crippen molar-refractivity contribution in [3.05, 3.63) is 67.7 Å². The zero-order chi connectivity index (χ0) is 27.6. The molecule has 0 saturated carbocycles. The van der Waals surface area contributed by atoms with Crippen molar-refractivity contribution in [3.8, 4) is 5.75 Å². The van der Waals surface area contributed by atoms with Gasteiger partial charge in [-0.15, -0.1) is 0 Å². The zero-order valence-electron chi connectivity index (χ0n) is 21.6. The summed E-state index contributed by atoms with van der Waals surface area (Å²) in [6, 6.07) is 5.97. The number of hydrogen-bond acceptors (Lipinski definition) is 6. The minimum atomic E-state index is -0.597. The summed E-state index contributed by atoms with van der Waals surface area (Å²) in [4.78, 5) is 30.6. The van der Waals surface area contributed by atoms with Crippen molar-refractivity contribution in [2.45, 2.75) is 26.4 Å². The molecule has 0 unspecified atom stereocenters. The first-order chi connectivity index (χ1) is 18.2. The van der Waals surface area contributed by atoms with Crippen LogP contribution in [-0.2, 0) is 6.54 Å². The van der Waals surface area contributed by atoms with Crippen molar-refractivity contribution < 1.29 is 19.0 Å². The van der Waals surface area contributed by atoms with Gasteiger partial charge in [-0.05, 0) is 37.6 Å². The van der Waals surface area contributed by atoms with Gasteiger partial charge in [0, 0.05) is 61.6 Å². The van der Waals surface area contributed by atoms with E-state index in [9.17, 15) is 14.7 Å². The number of piperazine rings is 1. The van der Waals surface area contributed by atoms with Gasteiger partial charge in [0.2, 0.25) is 5.43 Å². The van der Waals surface area contributed by atoms with Gasteiger partial charge in [-0.3, -0.25) is 14.5 Å². The number of rotatable bonds is 8. The highest BCUT2D eigenvalue weighted by Crippen LogP contribution is 2.39. The highest BCUT2D eigenvalue weighted by atomic mass is 35.5. The van der Waals surface area contributed by atoms with Crippen LogP contribution in [0.1, 0.15) is 35.8 Å². The second-order valence-corrected chi connectivity index (χ2v) is 10.3. The van der Waals surface area contributed by atoms with Gasteiger partial charge in [-0.1, -0.05) is 29.3 Å². The third kappa shape index (κ3) is 5.61. The molecule has 0 aliphatic carbocycles. The Labute approximate surface area is 230 Å². The number of carbonyl (C=O) groups excluding carboxylic acids is 1. The van der Waals surface area contributed by atoms with Gasteiger partial charge >= 0.3 is 0 Å². The van der Waals surface area contributed by atoms with Crippen molar-refractivity contribution >= 4 is 45.7 Å². The van der Waals surface area contributed by atoms with Gasteiger partial charge in [0.25, 0.3) is 5.91 Å². The van der Waals surface area contributed by atoms with Crippen LogP contribution >= 0.6 is 23.2 Å². The summed E-state index contributed by atoms with van der Waals surface area (Å²) in [5.74, 6) is -0.940. The lowest BCUT2D eigenvalue weighted by Gasteiger charge is -2.36. The maximum atomic E-state index is 15.6. The van der Waals surface area contributed by atoms with Crippen LogP contribution in [0.15, 0.2) is 35.3 Å². The summed E-state index contributed by atoms with van der Waals surface area (Å²) in [7, 11) is 1.45. The van der Waals surface area contributed by atoms with E-state index in [4.69, 9.17) is 27.9 Å². The monoisotopic (exact) mass is 564 g/mol. The normalized spacial score (nSPS) is 14.4. The molecule has 2 heterocycles. The molecule has 0 radical (unpaired) electrons. The lowest BCUT2D eigenvalue weighted by molar-refractivity contribution is 0.0949. The first-order valence-corrected chi connectivity index (χ1v) is 13.2. The third-order valence-electron chi connectivity index (χ3n) is 6.76. The Bertz CT molecular complexity index is 1400. The van der Waals surface area contributed by atoms with Gasteiger partial charge in [-0.2, -0.15) is 0 Å². The number of nitrogens with one attached hydrogen (secondary N) is 1. The molecule has 1 saturated heterocycles. The maximum absolute atomic E-state index is 15.6. The first-order valence-electron chi connectivity index (χ1n) is 12.4. The summed E-state index contributed by atoms with van der Waals surface area (Å²) in [6.45, 7) is 6.95. The predicted molar refractivity (Wildman–Crippen MR) is 148 cm³/mol. The SMILES string of the molecule is COc1c(N2CCN(CCO)CC2)c(F)cc2c(=O)c(C(=O)NCc3ccc(Cl)cc3Cl)cn(C(C)C)c12. The Balaban J connectivity index is 1.75. The summed E-state index contributed by atoms with van der Waals surface area (Å²) in [5, 5.41) is 12.9. The summed E-state index contributed by atoms with van der Waals surface area (Å²) in [6.07, 6.45) is 1.50. The number of fused-ring (bicyclic) bond motifs is 1. The molecular formula is C27H31Cl2FN4O4. The average Bonchev–Trinajstić information content (AvgIpc) is 2.88. The Kier molecular flexibility index (Phi) is 8.82. The van der Waals surface area contributed by atoms with Crippen molar-refractivity contribution in [1.29, 1.82) is 0 Å². The van der Waals surface area contributed by atoms with E-state index in [1.807, 2.05) is 18.7 Å². The van der Waals surface area contributed by atoms with Gasteiger partial charge in [0.15, 0.2) is 11.6 Å². The molecule has 0 bridgehead atoms. The fourth-order valence-corrected chi connectivity index (χ4v) is 5.25. The van der Waals surface area contributed by atoms with Gasteiger partial charge in [0.1, 0.15) is 11.3 Å². The van der Waals surface area contributed by atoms with Crippen molar-refractivity contribution in [1.82, 2.24) is 14.8 Å². The molecule has 38 heavy (non-hydrogen) atoms. The lowest BCUT2D eigenvalue weighted by atomic mass is 10.1. The van der Waals surface area contributed by atoms with Crippen LogP contribution in [0.25, 0.3) is 10.9 Å². The number of amides is 1. The van der Waals surface area contributed by atoms with Crippen LogP contribution < -0.4 is 20.4 Å². The molecule has 2 aromatic carbocycles. The Morgan fingerprint density at radius 3 is 2.50 bits per heavy atom. The van der Waals surface area contributed by atoms with Gasteiger partial charge in [-0.25, -0.2) is 4.39 Å². The van der Waals surface area contributed by atoms with Crippen molar-refractivity contribution in [2.75, 3.05) is 51.3 Å². The average molecular weight is 565 g/mol. The second-order valence-electron chi connectivity index (χ2n) is 9.48. The van der Waals surface area contributed by atoms with E-state index in [0.29, 0.717) is 53.8 Å². The number of hydrogen-bond donors (Lipinski definition) is 2. The number of ether oxygens (including phenoxy) is 1. The number of carbonyl (C=O) groups is 1. The standard InChI is InChI=1S/C27H31Cl2FN4O4/c1-16(2)34-15-20(27(37)31-14-17-4-5-18(28)12-21(17)29)25(36)19-13-22(30)24(26(38-3)23(19)34)33-8-6-32(7-9-33)10-11-35/h4-5,12-13,15-16,35H,6-11,14H2,1-3H3,(H,31,37). The number of aliphatic hydroxyl groups is 1. The molecule has 11 heteroatoms. The van der Waals surface area contributed by atoms with Crippen LogP contribution in [0.2, 0.25) is 10.0 Å². The zero-order valence-corrected chi connectivity index (χ0v) is 23.1. The number of pyridine rings is 1. The fourth-order valence-electron chi connectivity index (χ4n) is 4.77. The smallest absolute Gasteiger partial charge is 0.257 e. The van der Waals surface area contributed by atoms with E-state index in [0.717, 1.165) is 0 Å². The van der Waals surface area contributed by atoms with E-state index in [-0.39, 0.29) is 41.6 Å². The number of halogens is 3. The largest absolute Gasteiger partial charge is 0.492 e. The Morgan fingerprint density at radius 1 is 1.18 bits per heavy atom. The highest BCUT2D eigenvalue weighted by molar-refractivity contribution is 6.35. The molecule has 4 rings (SSSR count). The number of anilines is 1. The van der Waals surface area contributed by atoms with Crippen LogP contribution in [0, 0.1) is 5.82 Å². The minimum Gasteiger partial charge on any atom is -0.492 e. The number of nitrogens with zero attached hydrogens (tertiary/aromatic N) is 3. The number of methoxy groups -OCH3 is 1. The van der Waals surface area contributed by atoms with Crippen LogP contribution in [0.4, 0.5) is 10.1 Å². The lowest BCUT2D eigenvalue weighted by Crippen LogP contribution is -2.47. The quantitative estimate of drug-likeness (QED) is 0.428. The number of aliphatic hydroxyl groups excluding tert-OH is 1. The predicted octanol–water partition coefficient (Wildman–Crippen LogP) is 4.08. The van der Waals surface area contributed by atoms with Crippen molar-refractivity contribution in [2.24, 2.45) is 0 Å². The van der Waals surface area contributed by atoms with E-state index in [1.165, 1.54) is 19.4 Å². The first kappa shape index (κ1) is 28.2. The van der Waals surface area contributed by atoms with Crippen LogP contribution in [0.5, 0.6) is 5.75 Å². The van der Waals surface area contributed by atoms with E-state index in [1.54, 1.807) is 22.8 Å². The van der Waals surface area contributed by atoms with Crippen LogP contribution in [0.3, 0.4) is 0 Å². The maximum Gasteiger partial charge on any atom is 0.257 e. The fraction of sp³-hybridized carbons (Fsp3) is 0.407. The molecule has 0 atom stereocenters. The summed E-state index contributed by atoms with van der Waals surface area (Å²) < 4.78 is 23.1. The van der Waals surface area contributed by atoms with Gasteiger partial charge < -0.3 is 24.6 Å². The number of β-amino-alcohol motifs (C(OH)–C–C–N with tert-alkyl or cyclic N) is 1. The Morgan fingerprint density at radius 2 is 1.89 bits per heavy atom. The molecule has 8 nitrogen and oxygen atoms in total. The molecule has 1 aliphatic heterocycles. The topological polar surface area (TPSA) is 87.0 Å². The number of aromatic nitrogens is 1. The minimum absolute atomic E-state index is 0.0629. The molecule has 3 aromatic rings. The molecule has 1 fully saturated rings. The number of benzene rings is 2. The molecule has 1 amide bonds. The van der Waals surface area contributed by atoms with Crippen LogP contribution in [-0.4, -0.2) is 66.9 Å². The molecule has 1 aromatic heterocycles. The van der Waals surface area contributed by atoms with Gasteiger partial charge in [0.05, 0.1) is 24.6 Å². The molecule has 204 valence electrons.